The Bertz CT molecular complexity index is 165. The van der Waals surface area contributed by atoms with Crippen LogP contribution in [0.25, 0.3) is 0 Å². The Morgan fingerprint density at radius 1 is 1.33 bits per heavy atom. The predicted molar refractivity (Wildman–Crippen MR) is 49.0 cm³/mol. The van der Waals surface area contributed by atoms with E-state index in [9.17, 15) is 0 Å². The number of hydrogen-bond acceptors (Lipinski definition) is 2. The van der Waals surface area contributed by atoms with Crippen LogP contribution in [-0.4, -0.2) is 35.7 Å². The zero-order chi connectivity index (χ0) is 8.77. The van der Waals surface area contributed by atoms with Gasteiger partial charge < -0.3 is 10.0 Å². The van der Waals surface area contributed by atoms with E-state index in [0.717, 1.165) is 18.8 Å². The first-order chi connectivity index (χ1) is 5.55. The van der Waals surface area contributed by atoms with Crippen LogP contribution in [0.3, 0.4) is 0 Å². The van der Waals surface area contributed by atoms with Crippen molar-refractivity contribution < 1.29 is 5.11 Å². The number of rotatable bonds is 2. The lowest BCUT2D eigenvalue weighted by molar-refractivity contribution is -0.0267. The molecule has 0 aromatic heterocycles. The average molecular weight is 169 g/mol. The minimum absolute atomic E-state index is 0.0179. The molecule has 0 atom stereocenters. The molecule has 2 nitrogen and oxygen atoms in total. The minimum atomic E-state index is 0.0179. The molecule has 1 N–H and O–H groups in total. The summed E-state index contributed by atoms with van der Waals surface area (Å²) >= 11 is 0. The maximum Gasteiger partial charge on any atom is 0.0546 e. The van der Waals surface area contributed by atoms with Gasteiger partial charge in [-0.1, -0.05) is 13.8 Å². The van der Waals surface area contributed by atoms with Crippen LogP contribution in [0.1, 0.15) is 26.7 Å². The topological polar surface area (TPSA) is 23.5 Å². The smallest absolute Gasteiger partial charge is 0.0546 e. The second kappa shape index (κ2) is 2.71. The highest BCUT2D eigenvalue weighted by atomic mass is 16.3. The maximum atomic E-state index is 9.11. The fraction of sp³-hybridized carbons (Fsp3) is 1.00. The van der Waals surface area contributed by atoms with E-state index in [2.05, 4.69) is 18.7 Å². The van der Waals surface area contributed by atoms with Crippen molar-refractivity contribution in [2.75, 3.05) is 19.6 Å². The Kier molecular flexibility index (Phi) is 1.92. The second-order valence-electron chi connectivity index (χ2n) is 5.33. The van der Waals surface area contributed by atoms with Crippen LogP contribution in [0.2, 0.25) is 0 Å². The molecule has 0 aromatic carbocycles. The normalized spacial score (nSPS) is 40.2. The van der Waals surface area contributed by atoms with Gasteiger partial charge in [0.2, 0.25) is 0 Å². The first kappa shape index (κ1) is 8.52. The molecule has 1 saturated carbocycles. The van der Waals surface area contributed by atoms with Crippen LogP contribution in [0.15, 0.2) is 0 Å². The molecular weight excluding hydrogens is 150 g/mol. The van der Waals surface area contributed by atoms with Crippen LogP contribution in [0.4, 0.5) is 0 Å². The van der Waals surface area contributed by atoms with Crippen LogP contribution < -0.4 is 0 Å². The first-order valence-corrected chi connectivity index (χ1v) is 4.96. The molecule has 2 fully saturated rings. The summed E-state index contributed by atoms with van der Waals surface area (Å²) in [4.78, 5) is 2.51. The molecule has 0 radical (unpaired) electrons. The second-order valence-corrected chi connectivity index (χ2v) is 5.33. The molecule has 2 rings (SSSR count). The summed E-state index contributed by atoms with van der Waals surface area (Å²) < 4.78 is 0. The number of hydrogen-bond donors (Lipinski definition) is 1. The highest BCUT2D eigenvalue weighted by Crippen LogP contribution is 2.34. The highest BCUT2D eigenvalue weighted by Gasteiger charge is 2.37. The third-order valence-corrected chi connectivity index (χ3v) is 3.03. The van der Waals surface area contributed by atoms with Gasteiger partial charge in [0.25, 0.3) is 0 Å². The fourth-order valence-electron chi connectivity index (χ4n) is 2.51. The summed E-state index contributed by atoms with van der Waals surface area (Å²) in [5.41, 5.74) is 0.558. The van der Waals surface area contributed by atoms with Gasteiger partial charge in [-0.05, 0) is 24.2 Å². The third-order valence-electron chi connectivity index (χ3n) is 3.03. The quantitative estimate of drug-likeness (QED) is 0.669. The molecule has 0 spiro atoms. The van der Waals surface area contributed by atoms with Crippen molar-refractivity contribution in [3.63, 3.8) is 0 Å². The van der Waals surface area contributed by atoms with Crippen molar-refractivity contribution >= 4 is 0 Å². The molecule has 12 heavy (non-hydrogen) atoms. The summed E-state index contributed by atoms with van der Waals surface area (Å²) in [6.45, 7) is 8.36. The Morgan fingerprint density at radius 3 is 2.33 bits per heavy atom. The zero-order valence-electron chi connectivity index (χ0n) is 8.08. The van der Waals surface area contributed by atoms with Crippen molar-refractivity contribution in [3.8, 4) is 0 Å². The van der Waals surface area contributed by atoms with Crippen molar-refractivity contribution in [1.29, 1.82) is 0 Å². The summed E-state index contributed by atoms with van der Waals surface area (Å²) in [5, 5.41) is 9.11. The van der Waals surface area contributed by atoms with Crippen molar-refractivity contribution in [2.45, 2.75) is 32.8 Å². The van der Waals surface area contributed by atoms with Crippen LogP contribution in [-0.2, 0) is 0 Å². The molecule has 0 unspecified atom stereocenters. The van der Waals surface area contributed by atoms with Gasteiger partial charge in [-0.3, -0.25) is 0 Å². The Labute approximate surface area is 74.6 Å². The van der Waals surface area contributed by atoms with Gasteiger partial charge >= 0.3 is 0 Å². The standard InChI is InChI=1S/C10H19NO/c1-10(2)6-11(7-10)5-8-3-9(12)4-8/h8-9,12H,3-7H2,1-2H3. The van der Waals surface area contributed by atoms with E-state index in [1.165, 1.54) is 19.6 Å². The molecule has 1 heterocycles. The van der Waals surface area contributed by atoms with E-state index in [4.69, 9.17) is 5.11 Å². The summed E-state index contributed by atoms with van der Waals surface area (Å²) in [6.07, 6.45) is 2.10. The monoisotopic (exact) mass is 169 g/mol. The van der Waals surface area contributed by atoms with Crippen LogP contribution in [0.5, 0.6) is 0 Å². The van der Waals surface area contributed by atoms with Gasteiger partial charge in [-0.2, -0.15) is 0 Å². The van der Waals surface area contributed by atoms with Crippen molar-refractivity contribution in [3.05, 3.63) is 0 Å². The maximum absolute atomic E-state index is 9.11. The molecule has 2 heteroatoms. The lowest BCUT2D eigenvalue weighted by Crippen LogP contribution is -2.55. The Morgan fingerprint density at radius 2 is 1.92 bits per heavy atom. The van der Waals surface area contributed by atoms with E-state index < -0.39 is 0 Å². The third kappa shape index (κ3) is 1.64. The van der Waals surface area contributed by atoms with Gasteiger partial charge in [0, 0.05) is 19.6 Å². The van der Waals surface area contributed by atoms with Crippen LogP contribution in [0, 0.1) is 11.3 Å². The lowest BCUT2D eigenvalue weighted by atomic mass is 9.78. The molecule has 2 aliphatic rings. The predicted octanol–water partition coefficient (Wildman–Crippen LogP) is 1.10. The Balaban J connectivity index is 1.64. The van der Waals surface area contributed by atoms with E-state index in [1.807, 2.05) is 0 Å². The van der Waals surface area contributed by atoms with E-state index in [1.54, 1.807) is 0 Å². The number of likely N-dealkylation sites (tertiary alicyclic amines) is 1. The van der Waals surface area contributed by atoms with Gasteiger partial charge in [0.15, 0.2) is 0 Å². The molecule has 0 aromatic rings. The van der Waals surface area contributed by atoms with Gasteiger partial charge in [-0.15, -0.1) is 0 Å². The van der Waals surface area contributed by atoms with Gasteiger partial charge in [0.1, 0.15) is 0 Å². The van der Waals surface area contributed by atoms with Gasteiger partial charge in [0.05, 0.1) is 6.10 Å². The highest BCUT2D eigenvalue weighted by molar-refractivity contribution is 4.91. The molecular formula is C10H19NO. The lowest BCUT2D eigenvalue weighted by Gasteiger charge is -2.49. The van der Waals surface area contributed by atoms with Crippen LogP contribution >= 0.6 is 0 Å². The largest absolute Gasteiger partial charge is 0.393 e. The molecule has 1 saturated heterocycles. The van der Waals surface area contributed by atoms with E-state index in [0.29, 0.717) is 5.41 Å². The van der Waals surface area contributed by atoms with Crippen molar-refractivity contribution in [1.82, 2.24) is 4.90 Å². The van der Waals surface area contributed by atoms with Gasteiger partial charge in [-0.25, -0.2) is 0 Å². The molecule has 70 valence electrons. The molecule has 1 aliphatic carbocycles. The molecule has 0 bridgehead atoms. The first-order valence-electron chi connectivity index (χ1n) is 4.96. The van der Waals surface area contributed by atoms with E-state index in [-0.39, 0.29) is 6.10 Å². The summed E-state index contributed by atoms with van der Waals surface area (Å²) in [5.74, 6) is 0.788. The Hall–Kier alpha value is -0.0800. The molecule has 0 amide bonds. The SMILES string of the molecule is CC1(C)CN(CC2CC(O)C2)C1. The minimum Gasteiger partial charge on any atom is -0.393 e. The van der Waals surface area contributed by atoms with Crippen molar-refractivity contribution in [2.24, 2.45) is 11.3 Å². The number of aliphatic hydroxyl groups excluding tert-OH is 1. The summed E-state index contributed by atoms with van der Waals surface area (Å²) in [7, 11) is 0. The zero-order valence-corrected chi connectivity index (χ0v) is 8.08. The van der Waals surface area contributed by atoms with E-state index >= 15 is 0 Å². The number of nitrogens with zero attached hydrogens (tertiary/aromatic N) is 1. The average Bonchev–Trinajstić information content (AvgIpc) is 1.80. The number of aliphatic hydroxyl groups is 1. The fourth-order valence-corrected chi connectivity index (χ4v) is 2.51. The summed E-state index contributed by atoms with van der Waals surface area (Å²) in [6, 6.07) is 0. The molecule has 1 aliphatic heterocycles.